The molecule has 1 aromatic carbocycles. The van der Waals surface area contributed by atoms with Crippen LogP contribution in [0.5, 0.6) is 5.75 Å². The average Bonchev–Trinajstić information content (AvgIpc) is 2.96. The summed E-state index contributed by atoms with van der Waals surface area (Å²) in [7, 11) is 1.65. The largest absolute Gasteiger partial charge is 0.497 e. The Morgan fingerprint density at radius 2 is 2.05 bits per heavy atom. The Balaban J connectivity index is 1.79. The lowest BCUT2D eigenvalue weighted by Gasteiger charge is -2.15. The fourth-order valence-electron chi connectivity index (χ4n) is 2.69. The lowest BCUT2D eigenvalue weighted by Crippen LogP contribution is -2.19. The number of hydrogen-bond acceptors (Lipinski definition) is 4. The lowest BCUT2D eigenvalue weighted by molar-refractivity contribution is 0.414. The van der Waals surface area contributed by atoms with Gasteiger partial charge in [0.05, 0.1) is 18.8 Å². The Morgan fingerprint density at radius 3 is 2.76 bits per heavy atom. The number of hydrogen-bond donors (Lipinski definition) is 2. The number of benzene rings is 1. The van der Waals surface area contributed by atoms with Crippen LogP contribution in [0.3, 0.4) is 0 Å². The molecule has 0 saturated carbocycles. The predicted molar refractivity (Wildman–Crippen MR) is 81.9 cm³/mol. The molecule has 1 aliphatic rings. The maximum absolute atomic E-state index is 12.0. The van der Waals surface area contributed by atoms with Crippen LogP contribution in [0.15, 0.2) is 29.1 Å². The molecule has 0 amide bonds. The smallest absolute Gasteiger partial charge is 0.255 e. The zero-order valence-electron chi connectivity index (χ0n) is 12.3. The first-order chi connectivity index (χ1) is 10.2. The number of nitrogens with one attached hydrogen (secondary N) is 2. The van der Waals surface area contributed by atoms with Crippen LogP contribution in [0.2, 0.25) is 0 Å². The van der Waals surface area contributed by atoms with Gasteiger partial charge in [-0.25, -0.2) is 4.98 Å². The normalized spacial score (nSPS) is 14.6. The zero-order chi connectivity index (χ0) is 14.8. The van der Waals surface area contributed by atoms with Gasteiger partial charge in [0.1, 0.15) is 5.75 Å². The van der Waals surface area contributed by atoms with Crippen molar-refractivity contribution in [3.8, 4) is 5.75 Å². The molecule has 0 radical (unpaired) electrons. The standard InChI is InChI=1S/C16H19N3O2/c1-10(11-6-8-12(21-2)9-7-11)17-16-18-14-5-3-4-13(14)15(20)19-16/h6-10H,3-5H2,1-2H3,(H2,17,18,19,20). The van der Waals surface area contributed by atoms with Crippen LogP contribution in [0, 0.1) is 0 Å². The van der Waals surface area contributed by atoms with Crippen LogP contribution in [-0.2, 0) is 12.8 Å². The maximum Gasteiger partial charge on any atom is 0.255 e. The summed E-state index contributed by atoms with van der Waals surface area (Å²) < 4.78 is 5.15. The summed E-state index contributed by atoms with van der Waals surface area (Å²) in [5, 5.41) is 3.26. The SMILES string of the molecule is COc1ccc(C(C)Nc2nc3c(c(=O)[nH]2)CCC3)cc1. The minimum atomic E-state index is -0.0121. The number of aromatic nitrogens is 2. The molecule has 2 N–H and O–H groups in total. The quantitative estimate of drug-likeness (QED) is 0.905. The van der Waals surface area contributed by atoms with E-state index < -0.39 is 0 Å². The van der Waals surface area contributed by atoms with Crippen molar-refractivity contribution in [1.82, 2.24) is 9.97 Å². The summed E-state index contributed by atoms with van der Waals surface area (Å²) in [6, 6.07) is 7.90. The molecule has 1 aromatic heterocycles. The zero-order valence-corrected chi connectivity index (χ0v) is 12.3. The first kappa shape index (κ1) is 13.7. The van der Waals surface area contributed by atoms with Crippen molar-refractivity contribution < 1.29 is 4.74 Å². The van der Waals surface area contributed by atoms with Gasteiger partial charge in [-0.05, 0) is 43.9 Å². The molecule has 1 atom stereocenters. The maximum atomic E-state index is 12.0. The molecule has 21 heavy (non-hydrogen) atoms. The van der Waals surface area contributed by atoms with Gasteiger partial charge in [-0.15, -0.1) is 0 Å². The first-order valence-electron chi connectivity index (χ1n) is 7.20. The lowest BCUT2D eigenvalue weighted by atomic mass is 10.1. The third-order valence-electron chi connectivity index (χ3n) is 3.91. The molecule has 0 fully saturated rings. The molecular formula is C16H19N3O2. The van der Waals surface area contributed by atoms with Crippen LogP contribution in [-0.4, -0.2) is 17.1 Å². The number of fused-ring (bicyclic) bond motifs is 1. The van der Waals surface area contributed by atoms with Crippen molar-refractivity contribution in [2.45, 2.75) is 32.2 Å². The highest BCUT2D eigenvalue weighted by Crippen LogP contribution is 2.21. The van der Waals surface area contributed by atoms with Gasteiger partial charge in [0.2, 0.25) is 5.95 Å². The molecular weight excluding hydrogens is 266 g/mol. The second kappa shape index (κ2) is 5.60. The molecule has 5 nitrogen and oxygen atoms in total. The Hall–Kier alpha value is -2.30. The van der Waals surface area contributed by atoms with Gasteiger partial charge in [0, 0.05) is 5.56 Å². The van der Waals surface area contributed by atoms with Crippen LogP contribution in [0.1, 0.15) is 36.2 Å². The van der Waals surface area contributed by atoms with Crippen molar-refractivity contribution in [3.63, 3.8) is 0 Å². The van der Waals surface area contributed by atoms with Crippen molar-refractivity contribution in [2.75, 3.05) is 12.4 Å². The Labute approximate surface area is 123 Å². The van der Waals surface area contributed by atoms with Crippen molar-refractivity contribution in [2.24, 2.45) is 0 Å². The predicted octanol–water partition coefficient (Wildman–Crippen LogP) is 2.44. The van der Waals surface area contributed by atoms with Crippen LogP contribution < -0.4 is 15.6 Å². The first-order valence-corrected chi connectivity index (χ1v) is 7.20. The van der Waals surface area contributed by atoms with E-state index in [4.69, 9.17) is 4.74 Å². The van der Waals surface area contributed by atoms with Crippen molar-refractivity contribution in [1.29, 1.82) is 0 Å². The summed E-state index contributed by atoms with van der Waals surface area (Å²) in [5.41, 5.74) is 2.88. The van der Waals surface area contributed by atoms with Gasteiger partial charge in [0.15, 0.2) is 0 Å². The van der Waals surface area contributed by atoms with E-state index in [2.05, 4.69) is 15.3 Å². The average molecular weight is 285 g/mol. The monoisotopic (exact) mass is 285 g/mol. The molecule has 1 unspecified atom stereocenters. The topological polar surface area (TPSA) is 67.0 Å². The van der Waals surface area contributed by atoms with Crippen LogP contribution in [0.4, 0.5) is 5.95 Å². The van der Waals surface area contributed by atoms with Crippen LogP contribution in [0.25, 0.3) is 0 Å². The second-order valence-electron chi connectivity index (χ2n) is 5.33. The number of aryl methyl sites for hydroxylation is 1. The number of methoxy groups -OCH3 is 1. The molecule has 110 valence electrons. The third-order valence-corrected chi connectivity index (χ3v) is 3.91. The molecule has 1 heterocycles. The van der Waals surface area contributed by atoms with E-state index in [1.165, 1.54) is 0 Å². The molecule has 0 bridgehead atoms. The van der Waals surface area contributed by atoms with E-state index in [1.807, 2.05) is 31.2 Å². The van der Waals surface area contributed by atoms with Crippen molar-refractivity contribution in [3.05, 3.63) is 51.4 Å². The number of ether oxygens (including phenoxy) is 1. The highest BCUT2D eigenvalue weighted by Gasteiger charge is 2.17. The fourth-order valence-corrected chi connectivity index (χ4v) is 2.69. The number of aromatic amines is 1. The second-order valence-corrected chi connectivity index (χ2v) is 5.33. The van der Waals surface area contributed by atoms with Gasteiger partial charge in [-0.2, -0.15) is 0 Å². The van der Waals surface area contributed by atoms with Gasteiger partial charge >= 0.3 is 0 Å². The Kier molecular flexibility index (Phi) is 3.64. The minimum Gasteiger partial charge on any atom is -0.497 e. The Bertz CT molecular complexity index is 692. The third kappa shape index (κ3) is 2.77. The molecule has 0 spiro atoms. The Morgan fingerprint density at radius 1 is 1.29 bits per heavy atom. The molecule has 1 aliphatic carbocycles. The van der Waals surface area contributed by atoms with Crippen LogP contribution >= 0.6 is 0 Å². The molecule has 3 rings (SSSR count). The van der Waals surface area contributed by atoms with Gasteiger partial charge in [-0.1, -0.05) is 12.1 Å². The summed E-state index contributed by atoms with van der Waals surface area (Å²) in [6.07, 6.45) is 2.75. The van der Waals surface area contributed by atoms with Crippen molar-refractivity contribution >= 4 is 5.95 Å². The number of anilines is 1. The number of H-pyrrole nitrogens is 1. The van der Waals surface area contributed by atoms with E-state index >= 15 is 0 Å². The molecule has 2 aromatic rings. The molecule has 0 aliphatic heterocycles. The molecule has 5 heteroatoms. The highest BCUT2D eigenvalue weighted by molar-refractivity contribution is 5.37. The highest BCUT2D eigenvalue weighted by atomic mass is 16.5. The summed E-state index contributed by atoms with van der Waals surface area (Å²) >= 11 is 0. The van der Waals surface area contributed by atoms with E-state index in [0.29, 0.717) is 5.95 Å². The molecule has 0 saturated heterocycles. The van der Waals surface area contributed by atoms with Gasteiger partial charge in [-0.3, -0.25) is 9.78 Å². The van der Waals surface area contributed by atoms with Gasteiger partial charge < -0.3 is 10.1 Å². The number of nitrogens with zero attached hydrogens (tertiary/aromatic N) is 1. The minimum absolute atomic E-state index is 0.0121. The summed E-state index contributed by atoms with van der Waals surface area (Å²) in [6.45, 7) is 2.04. The van der Waals surface area contributed by atoms with E-state index in [0.717, 1.165) is 41.8 Å². The summed E-state index contributed by atoms with van der Waals surface area (Å²) in [4.78, 5) is 19.3. The summed E-state index contributed by atoms with van der Waals surface area (Å²) in [5.74, 6) is 1.37. The van der Waals surface area contributed by atoms with Gasteiger partial charge in [0.25, 0.3) is 5.56 Å². The fraction of sp³-hybridized carbons (Fsp3) is 0.375. The number of rotatable bonds is 4. The van der Waals surface area contributed by atoms with E-state index in [-0.39, 0.29) is 11.6 Å². The van der Waals surface area contributed by atoms with E-state index in [1.54, 1.807) is 7.11 Å². The van der Waals surface area contributed by atoms with E-state index in [9.17, 15) is 4.79 Å².